The molecule has 1 atom stereocenters. The highest BCUT2D eigenvalue weighted by Gasteiger charge is 2.38. The van der Waals surface area contributed by atoms with Gasteiger partial charge in [-0.05, 0) is 31.5 Å². The van der Waals surface area contributed by atoms with Gasteiger partial charge in [-0.1, -0.05) is 49.4 Å². The van der Waals surface area contributed by atoms with Gasteiger partial charge in [-0.3, -0.25) is 9.59 Å². The standard InChI is InChI=1S/C20H19NO3/c1-3-9-14-12-8-13-16-18(14)24-17(4-2)20(23)21(16)19(22)15-10-6-5-7-11-15/h3,5-13,17H,4H2,1-2H3/b9-3-. The van der Waals surface area contributed by atoms with Gasteiger partial charge in [0.15, 0.2) is 11.9 Å². The molecule has 1 aliphatic heterocycles. The third-order valence-electron chi connectivity index (χ3n) is 3.96. The summed E-state index contributed by atoms with van der Waals surface area (Å²) in [5, 5.41) is 0. The van der Waals surface area contributed by atoms with Crippen LogP contribution < -0.4 is 9.64 Å². The van der Waals surface area contributed by atoms with E-state index in [9.17, 15) is 9.59 Å². The van der Waals surface area contributed by atoms with E-state index in [4.69, 9.17) is 4.74 Å². The summed E-state index contributed by atoms with van der Waals surface area (Å²) >= 11 is 0. The number of hydrogen-bond donors (Lipinski definition) is 0. The molecule has 0 saturated carbocycles. The average Bonchev–Trinajstić information content (AvgIpc) is 2.62. The Morgan fingerprint density at radius 3 is 2.58 bits per heavy atom. The van der Waals surface area contributed by atoms with Crippen molar-refractivity contribution in [2.45, 2.75) is 26.4 Å². The number of anilines is 1. The zero-order valence-corrected chi connectivity index (χ0v) is 13.7. The molecule has 1 unspecified atom stereocenters. The third kappa shape index (κ3) is 2.71. The first-order valence-electron chi connectivity index (χ1n) is 8.03. The molecular weight excluding hydrogens is 302 g/mol. The lowest BCUT2D eigenvalue weighted by atomic mass is 10.1. The lowest BCUT2D eigenvalue weighted by Crippen LogP contribution is -2.48. The van der Waals surface area contributed by atoms with E-state index < -0.39 is 6.10 Å². The Balaban J connectivity index is 2.14. The Labute approximate surface area is 141 Å². The smallest absolute Gasteiger partial charge is 0.275 e. The Kier molecular flexibility index (Phi) is 4.47. The van der Waals surface area contributed by atoms with E-state index in [1.165, 1.54) is 4.90 Å². The van der Waals surface area contributed by atoms with Crippen LogP contribution in [0, 0.1) is 0 Å². The van der Waals surface area contributed by atoms with Gasteiger partial charge >= 0.3 is 0 Å². The first-order chi connectivity index (χ1) is 11.7. The predicted molar refractivity (Wildman–Crippen MR) is 94.1 cm³/mol. The molecule has 122 valence electrons. The van der Waals surface area contributed by atoms with Crippen molar-refractivity contribution < 1.29 is 14.3 Å². The Morgan fingerprint density at radius 2 is 1.92 bits per heavy atom. The average molecular weight is 321 g/mol. The number of hydrogen-bond acceptors (Lipinski definition) is 3. The summed E-state index contributed by atoms with van der Waals surface area (Å²) in [5.74, 6) is -0.0796. The number of nitrogens with zero attached hydrogens (tertiary/aromatic N) is 1. The van der Waals surface area contributed by atoms with Gasteiger partial charge in [0, 0.05) is 11.1 Å². The zero-order chi connectivity index (χ0) is 17.1. The SMILES string of the molecule is C/C=C\c1cccc2c1OC(CC)C(=O)N2C(=O)c1ccccc1. The maximum Gasteiger partial charge on any atom is 0.275 e. The van der Waals surface area contributed by atoms with E-state index in [-0.39, 0.29) is 11.8 Å². The molecule has 0 fully saturated rings. The molecule has 4 heteroatoms. The van der Waals surface area contributed by atoms with Gasteiger partial charge < -0.3 is 4.74 Å². The number of rotatable bonds is 3. The Bertz CT molecular complexity index is 796. The van der Waals surface area contributed by atoms with Crippen molar-refractivity contribution in [3.63, 3.8) is 0 Å². The molecule has 0 aliphatic carbocycles. The van der Waals surface area contributed by atoms with Gasteiger partial charge in [-0.25, -0.2) is 4.90 Å². The number of benzene rings is 2. The highest BCUT2D eigenvalue weighted by molar-refractivity contribution is 6.23. The molecule has 1 aliphatic rings. The van der Waals surface area contributed by atoms with Crippen molar-refractivity contribution in [3.8, 4) is 5.75 Å². The first kappa shape index (κ1) is 16.0. The number of fused-ring (bicyclic) bond motifs is 1. The summed E-state index contributed by atoms with van der Waals surface area (Å²) < 4.78 is 5.90. The van der Waals surface area contributed by atoms with Crippen LogP contribution in [0.15, 0.2) is 54.6 Å². The summed E-state index contributed by atoms with van der Waals surface area (Å²) in [6, 6.07) is 14.3. The van der Waals surface area contributed by atoms with Crippen molar-refractivity contribution in [2.24, 2.45) is 0 Å². The first-order valence-corrected chi connectivity index (χ1v) is 8.03. The molecule has 3 rings (SSSR count). The molecule has 2 aromatic rings. The maximum absolute atomic E-state index is 12.9. The van der Waals surface area contributed by atoms with Crippen LogP contribution in [-0.4, -0.2) is 17.9 Å². The van der Waals surface area contributed by atoms with Crippen LogP contribution in [0.3, 0.4) is 0 Å². The molecular formula is C20H19NO3. The van der Waals surface area contributed by atoms with Crippen LogP contribution in [0.2, 0.25) is 0 Å². The molecule has 0 N–H and O–H groups in total. The van der Waals surface area contributed by atoms with E-state index in [2.05, 4.69) is 0 Å². The molecule has 0 radical (unpaired) electrons. The number of imide groups is 1. The zero-order valence-electron chi connectivity index (χ0n) is 13.7. The van der Waals surface area contributed by atoms with Crippen LogP contribution >= 0.6 is 0 Å². The van der Waals surface area contributed by atoms with Gasteiger partial charge in [0.2, 0.25) is 0 Å². The molecule has 24 heavy (non-hydrogen) atoms. The van der Waals surface area contributed by atoms with Crippen LogP contribution in [-0.2, 0) is 4.79 Å². The second kappa shape index (κ2) is 6.71. The topological polar surface area (TPSA) is 46.6 Å². The second-order valence-electron chi connectivity index (χ2n) is 5.56. The number of para-hydroxylation sites is 1. The number of carbonyl (C=O) groups is 2. The van der Waals surface area contributed by atoms with Gasteiger partial charge in [-0.15, -0.1) is 0 Å². The fraction of sp³-hybridized carbons (Fsp3) is 0.200. The lowest BCUT2D eigenvalue weighted by molar-refractivity contribution is -0.125. The van der Waals surface area contributed by atoms with E-state index in [1.807, 2.05) is 44.2 Å². The Morgan fingerprint density at radius 1 is 1.17 bits per heavy atom. The van der Waals surface area contributed by atoms with Gasteiger partial charge in [0.05, 0.1) is 5.69 Å². The molecule has 2 amide bonds. The Hall–Kier alpha value is -2.88. The van der Waals surface area contributed by atoms with Gasteiger partial charge in [0.1, 0.15) is 0 Å². The van der Waals surface area contributed by atoms with Gasteiger partial charge in [-0.2, -0.15) is 0 Å². The maximum atomic E-state index is 12.9. The molecule has 0 aromatic heterocycles. The van der Waals surface area contributed by atoms with Crippen LogP contribution in [0.4, 0.5) is 5.69 Å². The lowest BCUT2D eigenvalue weighted by Gasteiger charge is -2.33. The van der Waals surface area contributed by atoms with Crippen molar-refractivity contribution >= 4 is 23.6 Å². The third-order valence-corrected chi connectivity index (χ3v) is 3.96. The summed E-state index contributed by atoms with van der Waals surface area (Å²) in [6.07, 6.45) is 3.66. The van der Waals surface area contributed by atoms with E-state index in [1.54, 1.807) is 30.3 Å². The normalized spacial score (nSPS) is 16.8. The monoisotopic (exact) mass is 321 g/mol. The largest absolute Gasteiger partial charge is 0.478 e. The highest BCUT2D eigenvalue weighted by Crippen LogP contribution is 2.39. The quantitative estimate of drug-likeness (QED) is 0.801. The van der Waals surface area contributed by atoms with E-state index in [0.29, 0.717) is 23.4 Å². The number of amides is 2. The minimum atomic E-state index is -0.656. The molecule has 1 heterocycles. The summed E-state index contributed by atoms with van der Waals surface area (Å²) in [5.41, 5.74) is 1.82. The molecule has 4 nitrogen and oxygen atoms in total. The molecule has 0 spiro atoms. The number of carbonyl (C=O) groups excluding carboxylic acids is 2. The minimum Gasteiger partial charge on any atom is -0.478 e. The van der Waals surface area contributed by atoms with Crippen molar-refractivity contribution in [3.05, 3.63) is 65.7 Å². The molecule has 0 saturated heterocycles. The van der Waals surface area contributed by atoms with Crippen LogP contribution in [0.1, 0.15) is 36.2 Å². The molecule has 0 bridgehead atoms. The van der Waals surface area contributed by atoms with Crippen LogP contribution in [0.5, 0.6) is 5.75 Å². The van der Waals surface area contributed by atoms with E-state index >= 15 is 0 Å². The summed E-state index contributed by atoms with van der Waals surface area (Å²) in [7, 11) is 0. The van der Waals surface area contributed by atoms with E-state index in [0.717, 1.165) is 5.56 Å². The number of ether oxygens (including phenoxy) is 1. The van der Waals surface area contributed by atoms with Gasteiger partial charge in [0.25, 0.3) is 11.8 Å². The van der Waals surface area contributed by atoms with Crippen LogP contribution in [0.25, 0.3) is 6.08 Å². The number of allylic oxidation sites excluding steroid dienone is 1. The highest BCUT2D eigenvalue weighted by atomic mass is 16.5. The summed E-state index contributed by atoms with van der Waals surface area (Å²) in [4.78, 5) is 26.9. The van der Waals surface area contributed by atoms with Crippen molar-refractivity contribution in [2.75, 3.05) is 4.90 Å². The minimum absolute atomic E-state index is 0.323. The fourth-order valence-corrected chi connectivity index (χ4v) is 2.79. The summed E-state index contributed by atoms with van der Waals surface area (Å²) in [6.45, 7) is 3.79. The van der Waals surface area contributed by atoms with Crippen molar-refractivity contribution in [1.82, 2.24) is 0 Å². The fourth-order valence-electron chi connectivity index (χ4n) is 2.79. The van der Waals surface area contributed by atoms with Crippen molar-refractivity contribution in [1.29, 1.82) is 0 Å². The predicted octanol–water partition coefficient (Wildman–Crippen LogP) is 4.06. The molecule has 2 aromatic carbocycles. The second-order valence-corrected chi connectivity index (χ2v) is 5.56.